The lowest BCUT2D eigenvalue weighted by Crippen LogP contribution is -2.53. The molecule has 0 aliphatic heterocycles. The third-order valence-corrected chi connectivity index (χ3v) is 7.82. The van der Waals surface area contributed by atoms with Gasteiger partial charge in [-0.25, -0.2) is 12.8 Å². The standard InChI is InChI=1S/C31H38FN3O4S/c1-4-6-20-33-31(37)29(21-25-10-8-7-9-11-25)34(22-26-12-16-27(32)17-13-26)30(36)23-35(40(3,38)39)28-18-14-24(5-2)15-19-28/h7-19,29H,4-6,20-23H2,1-3H3,(H,33,37)/t29-/m0/s1. The molecule has 0 heterocycles. The number of sulfonamides is 1. The number of benzene rings is 3. The second kappa shape index (κ2) is 14.6. The topological polar surface area (TPSA) is 86.8 Å². The highest BCUT2D eigenvalue weighted by atomic mass is 32.2. The first kappa shape index (κ1) is 30.8. The lowest BCUT2D eigenvalue weighted by molar-refractivity contribution is -0.140. The van der Waals surface area contributed by atoms with Crippen molar-refractivity contribution in [1.82, 2.24) is 10.2 Å². The summed E-state index contributed by atoms with van der Waals surface area (Å²) in [6, 6.07) is 21.1. The summed E-state index contributed by atoms with van der Waals surface area (Å²) in [4.78, 5) is 28.9. The molecule has 1 atom stereocenters. The maximum atomic E-state index is 14.0. The van der Waals surface area contributed by atoms with E-state index in [4.69, 9.17) is 0 Å². The van der Waals surface area contributed by atoms with Crippen LogP contribution in [0.5, 0.6) is 0 Å². The molecule has 0 fully saturated rings. The number of rotatable bonds is 14. The van der Waals surface area contributed by atoms with E-state index >= 15 is 0 Å². The van der Waals surface area contributed by atoms with Gasteiger partial charge in [0, 0.05) is 19.5 Å². The van der Waals surface area contributed by atoms with E-state index in [1.807, 2.05) is 56.3 Å². The minimum Gasteiger partial charge on any atom is -0.354 e. The zero-order valence-corrected chi connectivity index (χ0v) is 24.2. The van der Waals surface area contributed by atoms with E-state index < -0.39 is 34.3 Å². The quantitative estimate of drug-likeness (QED) is 0.286. The molecule has 40 heavy (non-hydrogen) atoms. The van der Waals surface area contributed by atoms with Crippen molar-refractivity contribution in [3.63, 3.8) is 0 Å². The highest BCUT2D eigenvalue weighted by Crippen LogP contribution is 2.21. The lowest BCUT2D eigenvalue weighted by Gasteiger charge is -2.33. The number of hydrogen-bond acceptors (Lipinski definition) is 4. The van der Waals surface area contributed by atoms with Crippen molar-refractivity contribution in [3.8, 4) is 0 Å². The molecule has 7 nitrogen and oxygen atoms in total. The summed E-state index contributed by atoms with van der Waals surface area (Å²) in [5.41, 5.74) is 2.87. The number of carbonyl (C=O) groups is 2. The highest BCUT2D eigenvalue weighted by Gasteiger charge is 2.33. The number of aryl methyl sites for hydroxylation is 1. The van der Waals surface area contributed by atoms with E-state index in [-0.39, 0.29) is 18.9 Å². The summed E-state index contributed by atoms with van der Waals surface area (Å²) < 4.78 is 40.4. The first-order chi connectivity index (χ1) is 19.1. The molecule has 0 unspecified atom stereocenters. The Kier molecular flexibility index (Phi) is 11.3. The summed E-state index contributed by atoms with van der Waals surface area (Å²) in [7, 11) is -3.83. The van der Waals surface area contributed by atoms with Crippen molar-refractivity contribution in [2.24, 2.45) is 0 Å². The minimum atomic E-state index is -3.83. The molecule has 0 radical (unpaired) electrons. The molecule has 0 aliphatic carbocycles. The molecule has 1 N–H and O–H groups in total. The van der Waals surface area contributed by atoms with Gasteiger partial charge >= 0.3 is 0 Å². The van der Waals surface area contributed by atoms with Gasteiger partial charge in [-0.15, -0.1) is 0 Å². The summed E-state index contributed by atoms with van der Waals surface area (Å²) in [6.07, 6.45) is 3.75. The molecule has 0 spiro atoms. The maximum absolute atomic E-state index is 14.0. The molecule has 214 valence electrons. The van der Waals surface area contributed by atoms with Gasteiger partial charge in [0.05, 0.1) is 11.9 Å². The molecular formula is C31H38FN3O4S. The van der Waals surface area contributed by atoms with Gasteiger partial charge in [0.25, 0.3) is 0 Å². The lowest BCUT2D eigenvalue weighted by atomic mass is 10.0. The number of nitrogens with zero attached hydrogens (tertiary/aromatic N) is 2. The van der Waals surface area contributed by atoms with Crippen molar-refractivity contribution in [1.29, 1.82) is 0 Å². The Morgan fingerprint density at radius 1 is 0.875 bits per heavy atom. The average molecular weight is 568 g/mol. The molecule has 0 saturated carbocycles. The number of anilines is 1. The number of carbonyl (C=O) groups excluding carboxylic acids is 2. The van der Waals surface area contributed by atoms with Gasteiger partial charge in [-0.3, -0.25) is 13.9 Å². The van der Waals surface area contributed by atoms with Crippen LogP contribution >= 0.6 is 0 Å². The second-order valence-corrected chi connectivity index (χ2v) is 11.7. The Hall–Kier alpha value is -3.72. The average Bonchev–Trinajstić information content (AvgIpc) is 2.94. The van der Waals surface area contributed by atoms with Crippen LogP contribution in [0.4, 0.5) is 10.1 Å². The number of nitrogens with one attached hydrogen (secondary N) is 1. The predicted octanol–water partition coefficient (Wildman–Crippen LogP) is 4.71. The normalized spacial score (nSPS) is 12.0. The van der Waals surface area contributed by atoms with Crippen LogP contribution in [0, 0.1) is 5.82 Å². The fraction of sp³-hybridized carbons (Fsp3) is 0.355. The molecular weight excluding hydrogens is 529 g/mol. The van der Waals surface area contributed by atoms with Crippen LogP contribution in [0.15, 0.2) is 78.9 Å². The second-order valence-electron chi connectivity index (χ2n) is 9.79. The minimum absolute atomic E-state index is 0.00415. The number of hydrogen-bond donors (Lipinski definition) is 1. The zero-order chi connectivity index (χ0) is 29.1. The molecule has 3 rings (SSSR count). The van der Waals surface area contributed by atoms with Gasteiger partial charge in [-0.05, 0) is 53.8 Å². The molecule has 3 aromatic carbocycles. The molecule has 0 aromatic heterocycles. The third kappa shape index (κ3) is 8.91. The van der Waals surface area contributed by atoms with E-state index in [0.29, 0.717) is 17.8 Å². The van der Waals surface area contributed by atoms with Crippen LogP contribution in [0.2, 0.25) is 0 Å². The largest absolute Gasteiger partial charge is 0.354 e. The maximum Gasteiger partial charge on any atom is 0.244 e. The van der Waals surface area contributed by atoms with Crippen LogP contribution in [0.1, 0.15) is 43.4 Å². The van der Waals surface area contributed by atoms with Crippen molar-refractivity contribution in [2.45, 2.75) is 52.1 Å². The van der Waals surface area contributed by atoms with E-state index in [1.165, 1.54) is 17.0 Å². The summed E-state index contributed by atoms with van der Waals surface area (Å²) in [6.45, 7) is 3.99. The Bertz CT molecular complexity index is 1350. The number of amides is 2. The van der Waals surface area contributed by atoms with Gasteiger partial charge in [0.15, 0.2) is 0 Å². The van der Waals surface area contributed by atoms with Gasteiger partial charge in [0.2, 0.25) is 21.8 Å². The van der Waals surface area contributed by atoms with Crippen LogP contribution in [0.25, 0.3) is 0 Å². The summed E-state index contributed by atoms with van der Waals surface area (Å²) >= 11 is 0. The predicted molar refractivity (Wildman–Crippen MR) is 157 cm³/mol. The monoisotopic (exact) mass is 567 g/mol. The van der Waals surface area contributed by atoms with E-state index in [9.17, 15) is 22.4 Å². The first-order valence-corrected chi connectivity index (χ1v) is 15.4. The smallest absolute Gasteiger partial charge is 0.244 e. The third-order valence-electron chi connectivity index (χ3n) is 6.68. The zero-order valence-electron chi connectivity index (χ0n) is 23.3. The van der Waals surface area contributed by atoms with E-state index in [2.05, 4.69) is 5.32 Å². The van der Waals surface area contributed by atoms with Crippen molar-refractivity contribution < 1.29 is 22.4 Å². The molecule has 0 aliphatic rings. The van der Waals surface area contributed by atoms with Crippen molar-refractivity contribution in [3.05, 3.63) is 101 Å². The van der Waals surface area contributed by atoms with Crippen LogP contribution < -0.4 is 9.62 Å². The molecule has 0 saturated heterocycles. The van der Waals surface area contributed by atoms with Crippen molar-refractivity contribution >= 4 is 27.5 Å². The SMILES string of the molecule is CCCCNC(=O)[C@H](Cc1ccccc1)N(Cc1ccc(F)cc1)C(=O)CN(c1ccc(CC)cc1)S(C)(=O)=O. The van der Waals surface area contributed by atoms with Crippen LogP contribution in [0.3, 0.4) is 0 Å². The Labute approximate surface area is 237 Å². The molecule has 0 bridgehead atoms. The van der Waals surface area contributed by atoms with Gasteiger partial charge in [-0.1, -0.05) is 74.9 Å². The summed E-state index contributed by atoms with van der Waals surface area (Å²) in [5, 5.41) is 2.94. The molecule has 2 amide bonds. The number of unbranched alkanes of at least 4 members (excludes halogenated alkanes) is 1. The van der Waals surface area contributed by atoms with Crippen LogP contribution in [-0.2, 0) is 39.0 Å². The van der Waals surface area contributed by atoms with Gasteiger partial charge in [0.1, 0.15) is 18.4 Å². The van der Waals surface area contributed by atoms with E-state index in [0.717, 1.165) is 41.0 Å². The van der Waals surface area contributed by atoms with Gasteiger partial charge < -0.3 is 10.2 Å². The molecule has 3 aromatic rings. The Morgan fingerprint density at radius 3 is 2.08 bits per heavy atom. The van der Waals surface area contributed by atoms with Gasteiger partial charge in [-0.2, -0.15) is 0 Å². The Balaban J connectivity index is 2.01. The summed E-state index contributed by atoms with van der Waals surface area (Å²) in [5.74, 6) is -1.29. The fourth-order valence-electron chi connectivity index (χ4n) is 4.36. The first-order valence-electron chi connectivity index (χ1n) is 13.5. The van der Waals surface area contributed by atoms with Crippen LogP contribution in [-0.4, -0.2) is 50.5 Å². The fourth-order valence-corrected chi connectivity index (χ4v) is 5.21. The Morgan fingerprint density at radius 2 is 1.50 bits per heavy atom. The highest BCUT2D eigenvalue weighted by molar-refractivity contribution is 7.92. The molecule has 9 heteroatoms. The number of halogens is 1. The van der Waals surface area contributed by atoms with E-state index in [1.54, 1.807) is 24.3 Å². The van der Waals surface area contributed by atoms with Crippen molar-refractivity contribution in [2.75, 3.05) is 23.7 Å².